The number of nitrogens with zero attached hydrogens (tertiary/aromatic N) is 1. The Hall–Kier alpha value is -2.25. The number of rotatable bonds is 5. The van der Waals surface area contributed by atoms with Crippen LogP contribution in [0.2, 0.25) is 10.0 Å². The van der Waals surface area contributed by atoms with E-state index in [2.05, 4.69) is 10.1 Å². The van der Waals surface area contributed by atoms with Crippen molar-refractivity contribution in [1.82, 2.24) is 10.2 Å². The van der Waals surface area contributed by atoms with Crippen molar-refractivity contribution in [2.24, 2.45) is 0 Å². The fourth-order valence-corrected chi connectivity index (χ4v) is 2.63. The second kappa shape index (κ2) is 7.55. The molecule has 0 saturated carbocycles. The van der Waals surface area contributed by atoms with Gasteiger partial charge in [-0.3, -0.25) is 9.69 Å². The van der Waals surface area contributed by atoms with Gasteiger partial charge in [0.1, 0.15) is 5.70 Å². The number of imide groups is 1. The molecule has 0 radical (unpaired) electrons. The molecule has 3 amide bonds. The normalized spacial score (nSPS) is 15.7. The number of carbonyl (C=O) groups excluding carboxylic acids is 3. The third-order valence-corrected chi connectivity index (χ3v) is 3.73. The molecule has 0 spiro atoms. The van der Waals surface area contributed by atoms with Crippen molar-refractivity contribution in [3.8, 4) is 5.75 Å². The summed E-state index contributed by atoms with van der Waals surface area (Å²) in [4.78, 5) is 35.8. The maximum absolute atomic E-state index is 12.0. The highest BCUT2D eigenvalue weighted by molar-refractivity contribution is 6.37. The van der Waals surface area contributed by atoms with E-state index in [-0.39, 0.29) is 34.6 Å². The van der Waals surface area contributed by atoms with Crippen LogP contribution in [-0.4, -0.2) is 43.1 Å². The minimum atomic E-state index is -0.577. The molecule has 128 valence electrons. The van der Waals surface area contributed by atoms with Gasteiger partial charge in [-0.15, -0.1) is 0 Å². The van der Waals surface area contributed by atoms with Gasteiger partial charge in [-0.05, 0) is 30.7 Å². The number of hydrogen-bond acceptors (Lipinski definition) is 5. The summed E-state index contributed by atoms with van der Waals surface area (Å²) in [5.74, 6) is -0.879. The molecule has 7 nitrogen and oxygen atoms in total. The molecule has 1 aromatic rings. The van der Waals surface area contributed by atoms with E-state index >= 15 is 0 Å². The van der Waals surface area contributed by atoms with Gasteiger partial charge in [0.15, 0.2) is 12.4 Å². The Bertz CT molecular complexity index is 710. The number of urea groups is 1. The summed E-state index contributed by atoms with van der Waals surface area (Å²) in [6, 6.07) is 2.52. The molecule has 1 aromatic carbocycles. The lowest BCUT2D eigenvalue weighted by Crippen LogP contribution is -2.30. The molecule has 9 heteroatoms. The Morgan fingerprint density at radius 1 is 1.29 bits per heavy atom. The topological polar surface area (TPSA) is 84.9 Å². The summed E-state index contributed by atoms with van der Waals surface area (Å²) < 4.78 is 9.68. The van der Waals surface area contributed by atoms with E-state index < -0.39 is 17.9 Å². The fourth-order valence-electron chi connectivity index (χ4n) is 2.02. The van der Waals surface area contributed by atoms with Gasteiger partial charge in [0.05, 0.1) is 17.2 Å². The first-order chi connectivity index (χ1) is 11.4. The second-order valence-corrected chi connectivity index (χ2v) is 5.53. The molecular weight excluding hydrogens is 359 g/mol. The fraction of sp³-hybridized carbons (Fsp3) is 0.267. The van der Waals surface area contributed by atoms with Crippen LogP contribution in [0.5, 0.6) is 5.75 Å². The molecule has 0 aromatic heterocycles. The average molecular weight is 373 g/mol. The first kappa shape index (κ1) is 18.1. The van der Waals surface area contributed by atoms with E-state index in [9.17, 15) is 14.4 Å². The van der Waals surface area contributed by atoms with Crippen molar-refractivity contribution in [1.29, 1.82) is 0 Å². The lowest BCUT2D eigenvalue weighted by atomic mass is 10.1. The van der Waals surface area contributed by atoms with Crippen LogP contribution in [0, 0.1) is 0 Å². The summed E-state index contributed by atoms with van der Waals surface area (Å²) in [5, 5.41) is 2.78. The summed E-state index contributed by atoms with van der Waals surface area (Å²) in [5.41, 5.74) is 0.620. The van der Waals surface area contributed by atoms with Crippen molar-refractivity contribution < 1.29 is 23.9 Å². The molecule has 1 N–H and O–H groups in total. The van der Waals surface area contributed by atoms with Gasteiger partial charge in [0.25, 0.3) is 5.91 Å². The smallest absolute Gasteiger partial charge is 0.343 e. The summed E-state index contributed by atoms with van der Waals surface area (Å²) in [7, 11) is 1.23. The Morgan fingerprint density at radius 2 is 1.92 bits per heavy atom. The van der Waals surface area contributed by atoms with E-state index in [1.165, 1.54) is 25.3 Å². The van der Waals surface area contributed by atoms with Gasteiger partial charge in [0, 0.05) is 6.54 Å². The van der Waals surface area contributed by atoms with Crippen LogP contribution in [-0.2, 0) is 14.3 Å². The van der Waals surface area contributed by atoms with Crippen molar-refractivity contribution in [2.75, 3.05) is 20.3 Å². The number of carbonyl (C=O) groups is 3. The van der Waals surface area contributed by atoms with E-state index in [4.69, 9.17) is 27.9 Å². The maximum Gasteiger partial charge on any atom is 0.343 e. The summed E-state index contributed by atoms with van der Waals surface area (Å²) in [6.07, 6.45) is 1.46. The Morgan fingerprint density at radius 3 is 2.42 bits per heavy atom. The van der Waals surface area contributed by atoms with Crippen molar-refractivity contribution >= 4 is 47.2 Å². The molecule has 1 heterocycles. The zero-order valence-electron chi connectivity index (χ0n) is 12.9. The number of likely N-dealkylation sites (N-methyl/N-ethyl adjacent to an activating group) is 1. The molecule has 0 aliphatic carbocycles. The minimum absolute atomic E-state index is 0.122. The predicted octanol–water partition coefficient (Wildman–Crippen LogP) is 2.46. The highest BCUT2D eigenvalue weighted by Crippen LogP contribution is 2.35. The monoisotopic (exact) mass is 372 g/mol. The van der Waals surface area contributed by atoms with Gasteiger partial charge in [-0.1, -0.05) is 23.2 Å². The van der Waals surface area contributed by atoms with Crippen molar-refractivity contribution in [3.63, 3.8) is 0 Å². The van der Waals surface area contributed by atoms with E-state index in [1.807, 2.05) is 0 Å². The van der Waals surface area contributed by atoms with Crippen LogP contribution in [0.15, 0.2) is 17.8 Å². The maximum atomic E-state index is 12.0. The molecule has 0 unspecified atom stereocenters. The highest BCUT2D eigenvalue weighted by atomic mass is 35.5. The number of hydrogen-bond donors (Lipinski definition) is 1. The SMILES string of the molecule is CCN1C(=O)NC(=Cc2cc(Cl)c(OCC(=O)OC)c(Cl)c2)C1=O. The quantitative estimate of drug-likeness (QED) is 0.487. The number of methoxy groups -OCH3 is 1. The number of nitrogens with one attached hydrogen (secondary N) is 1. The standard InChI is InChI=1S/C15H14Cl2N2O5/c1-3-19-14(21)11(18-15(19)22)6-8-4-9(16)13(10(17)5-8)24-7-12(20)23-2/h4-6H,3,7H2,1-2H3,(H,18,22). The summed E-state index contributed by atoms with van der Waals surface area (Å²) in [6.45, 7) is 1.63. The van der Waals surface area contributed by atoms with Crippen LogP contribution in [0.4, 0.5) is 4.79 Å². The molecule has 1 fully saturated rings. The predicted molar refractivity (Wildman–Crippen MR) is 87.9 cm³/mol. The van der Waals surface area contributed by atoms with Gasteiger partial charge in [0.2, 0.25) is 0 Å². The van der Waals surface area contributed by atoms with E-state index in [0.717, 1.165) is 4.90 Å². The Balaban J connectivity index is 2.24. The van der Waals surface area contributed by atoms with Crippen molar-refractivity contribution in [2.45, 2.75) is 6.92 Å². The zero-order chi connectivity index (χ0) is 17.9. The van der Waals surface area contributed by atoms with Crippen LogP contribution >= 0.6 is 23.2 Å². The molecule has 1 saturated heterocycles. The first-order valence-corrected chi connectivity index (χ1v) is 7.66. The van der Waals surface area contributed by atoms with Gasteiger partial charge in [-0.25, -0.2) is 9.59 Å². The highest BCUT2D eigenvalue weighted by Gasteiger charge is 2.32. The molecule has 1 aliphatic rings. The number of esters is 1. The Labute approximate surface area is 148 Å². The van der Waals surface area contributed by atoms with Crippen LogP contribution in [0.3, 0.4) is 0 Å². The van der Waals surface area contributed by atoms with Gasteiger partial charge in [-0.2, -0.15) is 0 Å². The van der Waals surface area contributed by atoms with E-state index in [1.54, 1.807) is 6.92 Å². The second-order valence-electron chi connectivity index (χ2n) is 4.72. The number of ether oxygens (including phenoxy) is 2. The molecular formula is C15H14Cl2N2O5. The largest absolute Gasteiger partial charge is 0.479 e. The minimum Gasteiger partial charge on any atom is -0.479 e. The zero-order valence-corrected chi connectivity index (χ0v) is 14.4. The van der Waals surface area contributed by atoms with Gasteiger partial charge >= 0.3 is 12.0 Å². The molecule has 0 bridgehead atoms. The number of amides is 3. The van der Waals surface area contributed by atoms with Gasteiger partial charge < -0.3 is 14.8 Å². The average Bonchev–Trinajstić information content (AvgIpc) is 2.79. The lowest BCUT2D eigenvalue weighted by Gasteiger charge is -2.10. The molecule has 24 heavy (non-hydrogen) atoms. The van der Waals surface area contributed by atoms with E-state index in [0.29, 0.717) is 5.56 Å². The number of benzene rings is 1. The lowest BCUT2D eigenvalue weighted by molar-refractivity contribution is -0.142. The third-order valence-electron chi connectivity index (χ3n) is 3.17. The molecule has 0 atom stereocenters. The first-order valence-electron chi connectivity index (χ1n) is 6.90. The van der Waals surface area contributed by atoms with Crippen molar-refractivity contribution in [3.05, 3.63) is 33.4 Å². The Kier molecular flexibility index (Phi) is 5.69. The molecule has 2 rings (SSSR count). The summed E-state index contributed by atoms with van der Waals surface area (Å²) >= 11 is 12.2. The molecule has 1 aliphatic heterocycles. The van der Waals surface area contributed by atoms with Crippen LogP contribution in [0.25, 0.3) is 6.08 Å². The third kappa shape index (κ3) is 3.80. The number of halogens is 2. The van der Waals surface area contributed by atoms with Crippen LogP contribution in [0.1, 0.15) is 12.5 Å². The van der Waals surface area contributed by atoms with Crippen LogP contribution < -0.4 is 10.1 Å².